The summed E-state index contributed by atoms with van der Waals surface area (Å²) in [7, 11) is 1.14. The van der Waals surface area contributed by atoms with E-state index < -0.39 is 35.2 Å². The van der Waals surface area contributed by atoms with Crippen LogP contribution in [0.4, 0.5) is 8.78 Å². The summed E-state index contributed by atoms with van der Waals surface area (Å²) in [5.41, 5.74) is 4.46. The number of hydrogen-bond acceptors (Lipinski definition) is 4. The highest BCUT2D eigenvalue weighted by Crippen LogP contribution is 2.16. The van der Waals surface area contributed by atoms with Gasteiger partial charge in [-0.2, -0.15) is 0 Å². The SMILES string of the molecule is COC(=O)[C@@H](N)Cc1cc(F)c(C(=O)O)c(F)c1. The quantitative estimate of drug-likeness (QED) is 0.777. The van der Waals surface area contributed by atoms with Gasteiger partial charge in [0.15, 0.2) is 0 Å². The van der Waals surface area contributed by atoms with Crippen molar-refractivity contribution in [3.8, 4) is 0 Å². The Morgan fingerprint density at radius 2 is 1.89 bits per heavy atom. The summed E-state index contributed by atoms with van der Waals surface area (Å²) in [6.45, 7) is 0. The molecular weight excluding hydrogens is 248 g/mol. The van der Waals surface area contributed by atoms with Crippen LogP contribution in [-0.4, -0.2) is 30.2 Å². The van der Waals surface area contributed by atoms with Gasteiger partial charge in [-0.3, -0.25) is 4.79 Å². The van der Waals surface area contributed by atoms with E-state index in [4.69, 9.17) is 10.8 Å². The van der Waals surface area contributed by atoms with E-state index in [-0.39, 0.29) is 12.0 Å². The Balaban J connectivity index is 3.00. The molecule has 0 saturated carbocycles. The van der Waals surface area contributed by atoms with E-state index in [0.717, 1.165) is 19.2 Å². The number of hydrogen-bond donors (Lipinski definition) is 2. The minimum atomic E-state index is -1.70. The molecule has 1 atom stereocenters. The number of carbonyl (C=O) groups excluding carboxylic acids is 1. The molecule has 1 aromatic carbocycles. The normalized spacial score (nSPS) is 12.0. The van der Waals surface area contributed by atoms with E-state index in [0.29, 0.717) is 0 Å². The van der Waals surface area contributed by atoms with E-state index in [1.165, 1.54) is 0 Å². The highest BCUT2D eigenvalue weighted by Gasteiger charge is 2.20. The van der Waals surface area contributed by atoms with Crippen molar-refractivity contribution in [1.82, 2.24) is 0 Å². The maximum Gasteiger partial charge on any atom is 0.341 e. The van der Waals surface area contributed by atoms with Gasteiger partial charge in [-0.25, -0.2) is 13.6 Å². The van der Waals surface area contributed by atoms with Crippen LogP contribution in [-0.2, 0) is 16.0 Å². The highest BCUT2D eigenvalue weighted by atomic mass is 19.1. The van der Waals surface area contributed by atoms with Crippen LogP contribution in [0.3, 0.4) is 0 Å². The first-order valence-electron chi connectivity index (χ1n) is 4.91. The fourth-order valence-corrected chi connectivity index (χ4v) is 1.44. The molecule has 1 aromatic rings. The van der Waals surface area contributed by atoms with Crippen LogP contribution in [0.15, 0.2) is 12.1 Å². The largest absolute Gasteiger partial charge is 0.477 e. The first kappa shape index (κ1) is 14.0. The number of benzene rings is 1. The second-order valence-electron chi connectivity index (χ2n) is 3.57. The minimum Gasteiger partial charge on any atom is -0.477 e. The van der Waals surface area contributed by atoms with Crippen molar-refractivity contribution < 1.29 is 28.2 Å². The molecule has 98 valence electrons. The van der Waals surface area contributed by atoms with Crippen molar-refractivity contribution in [3.63, 3.8) is 0 Å². The van der Waals surface area contributed by atoms with Crippen LogP contribution < -0.4 is 5.73 Å². The Bertz CT molecular complexity index is 467. The van der Waals surface area contributed by atoms with Gasteiger partial charge in [0.2, 0.25) is 0 Å². The van der Waals surface area contributed by atoms with Crippen molar-refractivity contribution in [3.05, 3.63) is 34.9 Å². The van der Waals surface area contributed by atoms with E-state index in [9.17, 15) is 18.4 Å². The predicted octanol–water partition coefficient (Wildman–Crippen LogP) is 0.706. The van der Waals surface area contributed by atoms with Crippen LogP contribution in [0, 0.1) is 11.6 Å². The first-order chi connectivity index (χ1) is 8.36. The Labute approximate surface area is 101 Å². The number of nitrogens with two attached hydrogens (primary N) is 1. The second kappa shape index (κ2) is 5.54. The Morgan fingerprint density at radius 3 is 2.28 bits per heavy atom. The number of aromatic carboxylic acids is 1. The van der Waals surface area contributed by atoms with Gasteiger partial charge >= 0.3 is 11.9 Å². The zero-order chi connectivity index (χ0) is 13.9. The standard InChI is InChI=1S/C11H11F2NO4/c1-18-11(17)8(14)4-5-2-6(12)9(10(15)16)7(13)3-5/h2-3,8H,4,14H2,1H3,(H,15,16)/t8-/m0/s1. The molecule has 0 unspecified atom stereocenters. The van der Waals surface area contributed by atoms with Gasteiger partial charge in [0.25, 0.3) is 0 Å². The minimum absolute atomic E-state index is 0.0768. The molecule has 0 aliphatic carbocycles. The fourth-order valence-electron chi connectivity index (χ4n) is 1.44. The van der Waals surface area contributed by atoms with Gasteiger partial charge in [-0.05, 0) is 24.1 Å². The molecule has 0 spiro atoms. The Kier molecular flexibility index (Phi) is 4.33. The smallest absolute Gasteiger partial charge is 0.341 e. The third-order valence-electron chi connectivity index (χ3n) is 2.28. The summed E-state index contributed by atoms with van der Waals surface area (Å²) < 4.78 is 31.0. The van der Waals surface area contributed by atoms with Gasteiger partial charge in [0, 0.05) is 0 Å². The number of methoxy groups -OCH3 is 1. The zero-order valence-corrected chi connectivity index (χ0v) is 9.44. The van der Waals surface area contributed by atoms with Gasteiger partial charge in [0.05, 0.1) is 7.11 Å². The lowest BCUT2D eigenvalue weighted by molar-refractivity contribution is -0.142. The van der Waals surface area contributed by atoms with Crippen LogP contribution in [0.5, 0.6) is 0 Å². The number of halogens is 2. The third-order valence-corrected chi connectivity index (χ3v) is 2.28. The Morgan fingerprint density at radius 1 is 1.39 bits per heavy atom. The molecule has 7 heteroatoms. The average molecular weight is 259 g/mol. The molecule has 5 nitrogen and oxygen atoms in total. The fraction of sp³-hybridized carbons (Fsp3) is 0.273. The van der Waals surface area contributed by atoms with Crippen molar-refractivity contribution in [2.24, 2.45) is 5.73 Å². The van der Waals surface area contributed by atoms with Crippen LogP contribution in [0.1, 0.15) is 15.9 Å². The summed E-state index contributed by atoms with van der Waals surface area (Å²) in [5, 5.41) is 8.57. The van der Waals surface area contributed by atoms with E-state index in [1.807, 2.05) is 0 Å². The second-order valence-corrected chi connectivity index (χ2v) is 3.57. The molecule has 0 aliphatic rings. The van der Waals surface area contributed by atoms with Crippen LogP contribution >= 0.6 is 0 Å². The first-order valence-corrected chi connectivity index (χ1v) is 4.91. The highest BCUT2D eigenvalue weighted by molar-refractivity contribution is 5.88. The van der Waals surface area contributed by atoms with Gasteiger partial charge in [0.1, 0.15) is 23.2 Å². The monoisotopic (exact) mass is 259 g/mol. The third kappa shape index (κ3) is 3.01. The molecule has 0 fully saturated rings. The van der Waals surface area contributed by atoms with Crippen LogP contribution in [0.25, 0.3) is 0 Å². The molecule has 0 heterocycles. The number of carboxylic acid groups (broad SMARTS) is 1. The summed E-state index contributed by atoms with van der Waals surface area (Å²) in [5.74, 6) is -4.85. The molecular formula is C11H11F2NO4. The molecule has 0 amide bonds. The number of esters is 1. The Hall–Kier alpha value is -2.02. The summed E-state index contributed by atoms with van der Waals surface area (Å²) in [4.78, 5) is 21.6. The molecule has 0 aromatic heterocycles. The van der Waals surface area contributed by atoms with Gasteiger partial charge in [-0.1, -0.05) is 0 Å². The predicted molar refractivity (Wildman–Crippen MR) is 57.0 cm³/mol. The lowest BCUT2D eigenvalue weighted by atomic mass is 10.0. The summed E-state index contributed by atoms with van der Waals surface area (Å²) in [6, 6.07) is 0.592. The summed E-state index contributed by atoms with van der Waals surface area (Å²) >= 11 is 0. The van der Waals surface area contributed by atoms with Gasteiger partial charge < -0.3 is 15.6 Å². The van der Waals surface area contributed by atoms with Crippen molar-refractivity contribution >= 4 is 11.9 Å². The molecule has 3 N–H and O–H groups in total. The van der Waals surface area contributed by atoms with Crippen molar-refractivity contribution in [1.29, 1.82) is 0 Å². The van der Waals surface area contributed by atoms with Crippen molar-refractivity contribution in [2.45, 2.75) is 12.5 Å². The maximum atomic E-state index is 13.3. The number of carboxylic acids is 1. The molecule has 1 rings (SSSR count). The topological polar surface area (TPSA) is 89.6 Å². The molecule has 0 aliphatic heterocycles. The number of ether oxygens (including phenoxy) is 1. The average Bonchev–Trinajstić information content (AvgIpc) is 2.26. The molecule has 0 bridgehead atoms. The number of rotatable bonds is 4. The van der Waals surface area contributed by atoms with Crippen LogP contribution in [0.2, 0.25) is 0 Å². The van der Waals surface area contributed by atoms with Gasteiger partial charge in [-0.15, -0.1) is 0 Å². The number of carbonyl (C=O) groups is 2. The van der Waals surface area contributed by atoms with E-state index in [2.05, 4.69) is 4.74 Å². The molecule has 0 radical (unpaired) electrons. The summed E-state index contributed by atoms with van der Waals surface area (Å²) in [6.07, 6.45) is -0.152. The van der Waals surface area contributed by atoms with Crippen molar-refractivity contribution in [2.75, 3.05) is 7.11 Å². The zero-order valence-electron chi connectivity index (χ0n) is 9.44. The maximum absolute atomic E-state index is 13.3. The lowest BCUT2D eigenvalue weighted by Gasteiger charge is -2.10. The molecule has 0 saturated heterocycles. The van der Waals surface area contributed by atoms with E-state index in [1.54, 1.807) is 0 Å². The van der Waals surface area contributed by atoms with E-state index >= 15 is 0 Å². The lowest BCUT2D eigenvalue weighted by Crippen LogP contribution is -2.33. The molecule has 18 heavy (non-hydrogen) atoms.